The number of piperidine rings is 1. The number of aromatic nitrogens is 2. The monoisotopic (exact) mass is 408 g/mol. The number of pyridine rings is 1. The summed E-state index contributed by atoms with van der Waals surface area (Å²) in [5.74, 6) is -0.125. The van der Waals surface area contributed by atoms with Gasteiger partial charge in [-0.1, -0.05) is 24.6 Å². The third-order valence-electron chi connectivity index (χ3n) is 6.78. The fourth-order valence-corrected chi connectivity index (χ4v) is 5.04. The van der Waals surface area contributed by atoms with Gasteiger partial charge < -0.3 is 14.5 Å². The molecule has 0 radical (unpaired) electrons. The van der Waals surface area contributed by atoms with Gasteiger partial charge in [0.2, 0.25) is 0 Å². The summed E-state index contributed by atoms with van der Waals surface area (Å²) in [6.07, 6.45) is 4.75. The lowest BCUT2D eigenvalue weighted by Crippen LogP contribution is -2.44. The van der Waals surface area contributed by atoms with Crippen molar-refractivity contribution in [3.63, 3.8) is 0 Å². The van der Waals surface area contributed by atoms with Crippen LogP contribution < -0.4 is 10.9 Å². The van der Waals surface area contributed by atoms with Crippen LogP contribution in [0.5, 0.6) is 0 Å². The molecule has 0 spiro atoms. The lowest BCUT2D eigenvalue weighted by atomic mass is 9.97. The number of carbonyl (C=O) groups is 1. The first-order valence-electron chi connectivity index (χ1n) is 11.0. The lowest BCUT2D eigenvalue weighted by molar-refractivity contribution is 0.0919. The molecule has 4 rings (SSSR count). The van der Waals surface area contributed by atoms with Crippen LogP contribution in [-0.2, 0) is 14.1 Å². The molecule has 1 fully saturated rings. The molecular weight excluding hydrogens is 376 g/mol. The molecule has 0 unspecified atom stereocenters. The number of hydrogen-bond donors (Lipinski definition) is 1. The third kappa shape index (κ3) is 3.54. The lowest BCUT2D eigenvalue weighted by Gasteiger charge is -2.39. The fourth-order valence-electron chi connectivity index (χ4n) is 5.04. The highest BCUT2D eigenvalue weighted by molar-refractivity contribution is 6.08. The van der Waals surface area contributed by atoms with Crippen LogP contribution in [0.2, 0.25) is 0 Å². The van der Waals surface area contributed by atoms with Gasteiger partial charge in [-0.25, -0.2) is 0 Å². The van der Waals surface area contributed by atoms with Crippen molar-refractivity contribution in [1.29, 1.82) is 0 Å². The SMILES string of the molecule is C[C@H]1CCC[C@H](C)N1CCCNC(=O)c1cc2c(=O)n(C)c3ccccc3c2n1C. The number of benzene rings is 1. The van der Waals surface area contributed by atoms with Crippen LogP contribution in [0.1, 0.15) is 50.0 Å². The van der Waals surface area contributed by atoms with Crippen LogP contribution >= 0.6 is 0 Å². The summed E-state index contributed by atoms with van der Waals surface area (Å²) < 4.78 is 3.50. The number of hydrogen-bond acceptors (Lipinski definition) is 3. The number of carbonyl (C=O) groups excluding carboxylic acids is 1. The number of nitrogens with zero attached hydrogens (tertiary/aromatic N) is 3. The summed E-state index contributed by atoms with van der Waals surface area (Å²) in [5.41, 5.74) is 2.13. The molecular formula is C24H32N4O2. The molecule has 0 saturated carbocycles. The Balaban J connectivity index is 1.51. The van der Waals surface area contributed by atoms with Crippen LogP contribution in [0.25, 0.3) is 21.8 Å². The van der Waals surface area contributed by atoms with E-state index in [1.807, 2.05) is 35.9 Å². The van der Waals surface area contributed by atoms with Gasteiger partial charge in [-0.15, -0.1) is 0 Å². The van der Waals surface area contributed by atoms with Crippen molar-refractivity contribution >= 4 is 27.7 Å². The highest BCUT2D eigenvalue weighted by atomic mass is 16.2. The molecule has 1 aromatic carbocycles. The Morgan fingerprint density at radius 3 is 2.50 bits per heavy atom. The number of aryl methyl sites for hydroxylation is 2. The molecule has 3 heterocycles. The molecule has 1 aliphatic heterocycles. The van der Waals surface area contributed by atoms with Gasteiger partial charge in [0.15, 0.2) is 0 Å². The maximum Gasteiger partial charge on any atom is 0.267 e. The van der Waals surface area contributed by atoms with Gasteiger partial charge in [-0.05, 0) is 45.2 Å². The quantitative estimate of drug-likeness (QED) is 0.658. The highest BCUT2D eigenvalue weighted by Crippen LogP contribution is 2.25. The van der Waals surface area contributed by atoms with Gasteiger partial charge in [0, 0.05) is 44.7 Å². The topological polar surface area (TPSA) is 59.3 Å². The number of nitrogens with one attached hydrogen (secondary N) is 1. The van der Waals surface area contributed by atoms with Crippen molar-refractivity contribution in [2.45, 2.75) is 51.6 Å². The average Bonchev–Trinajstić information content (AvgIpc) is 3.08. The summed E-state index contributed by atoms with van der Waals surface area (Å²) in [7, 11) is 3.64. The van der Waals surface area contributed by atoms with Crippen molar-refractivity contribution in [2.75, 3.05) is 13.1 Å². The Kier molecular flexibility index (Phi) is 5.69. The van der Waals surface area contributed by atoms with E-state index in [9.17, 15) is 9.59 Å². The second kappa shape index (κ2) is 8.26. The van der Waals surface area contributed by atoms with Crippen molar-refractivity contribution in [1.82, 2.24) is 19.4 Å². The van der Waals surface area contributed by atoms with E-state index >= 15 is 0 Å². The second-order valence-electron chi connectivity index (χ2n) is 8.71. The van der Waals surface area contributed by atoms with Crippen molar-refractivity contribution < 1.29 is 4.79 Å². The zero-order chi connectivity index (χ0) is 21.4. The van der Waals surface area contributed by atoms with Crippen molar-refractivity contribution in [2.24, 2.45) is 14.1 Å². The fraction of sp³-hybridized carbons (Fsp3) is 0.500. The summed E-state index contributed by atoms with van der Waals surface area (Å²) >= 11 is 0. The highest BCUT2D eigenvalue weighted by Gasteiger charge is 2.24. The number of para-hydroxylation sites is 1. The molecule has 1 N–H and O–H groups in total. The van der Waals surface area contributed by atoms with E-state index in [2.05, 4.69) is 24.1 Å². The minimum absolute atomic E-state index is 0.0774. The summed E-state index contributed by atoms with van der Waals surface area (Å²) in [4.78, 5) is 28.3. The number of likely N-dealkylation sites (tertiary alicyclic amines) is 1. The first-order chi connectivity index (χ1) is 14.4. The molecule has 1 saturated heterocycles. The molecule has 1 amide bonds. The Morgan fingerprint density at radius 1 is 1.07 bits per heavy atom. The molecule has 6 nitrogen and oxygen atoms in total. The number of amides is 1. The van der Waals surface area contributed by atoms with Crippen LogP contribution in [-0.4, -0.2) is 45.1 Å². The maximum atomic E-state index is 12.9. The van der Waals surface area contributed by atoms with Crippen molar-refractivity contribution in [3.05, 3.63) is 46.4 Å². The van der Waals surface area contributed by atoms with Gasteiger partial charge in [0.25, 0.3) is 11.5 Å². The van der Waals surface area contributed by atoms with Crippen LogP contribution in [0.4, 0.5) is 0 Å². The normalized spacial score (nSPS) is 20.1. The minimum Gasteiger partial charge on any atom is -0.351 e. The molecule has 1 aliphatic rings. The van der Waals surface area contributed by atoms with E-state index < -0.39 is 0 Å². The van der Waals surface area contributed by atoms with Gasteiger partial charge in [0.1, 0.15) is 5.69 Å². The largest absolute Gasteiger partial charge is 0.351 e. The zero-order valence-corrected chi connectivity index (χ0v) is 18.4. The molecule has 0 bridgehead atoms. The first kappa shape index (κ1) is 20.7. The standard InChI is InChI=1S/C24H32N4O2/c1-16-9-7-10-17(2)28(16)14-8-13-25-23(29)21-15-19-22(26(21)3)18-11-5-6-12-20(18)27(4)24(19)30/h5-6,11-12,15-17H,7-10,13-14H2,1-4H3,(H,25,29)/t16-,17-/m0/s1. The molecule has 2 atom stereocenters. The van der Waals surface area contributed by atoms with Crippen LogP contribution in [0, 0.1) is 0 Å². The van der Waals surface area contributed by atoms with E-state index in [-0.39, 0.29) is 11.5 Å². The van der Waals surface area contributed by atoms with Crippen molar-refractivity contribution in [3.8, 4) is 0 Å². The van der Waals surface area contributed by atoms with Gasteiger partial charge in [-0.3, -0.25) is 14.5 Å². The molecule has 160 valence electrons. The van der Waals surface area contributed by atoms with Crippen LogP contribution in [0.3, 0.4) is 0 Å². The van der Waals surface area contributed by atoms with Gasteiger partial charge in [-0.2, -0.15) is 0 Å². The molecule has 3 aromatic rings. The number of fused-ring (bicyclic) bond motifs is 3. The van der Waals surface area contributed by atoms with E-state index in [1.54, 1.807) is 17.7 Å². The predicted octanol–water partition coefficient (Wildman–Crippen LogP) is 3.41. The Labute approximate surface area is 177 Å². The van der Waals surface area contributed by atoms with E-state index in [1.165, 1.54) is 19.3 Å². The molecule has 6 heteroatoms. The van der Waals surface area contributed by atoms with E-state index in [0.717, 1.165) is 29.4 Å². The molecule has 2 aromatic heterocycles. The van der Waals surface area contributed by atoms with Crippen LogP contribution in [0.15, 0.2) is 35.1 Å². The minimum atomic E-state index is -0.125. The summed E-state index contributed by atoms with van der Waals surface area (Å²) in [6, 6.07) is 10.8. The molecule has 0 aliphatic carbocycles. The molecule has 30 heavy (non-hydrogen) atoms. The van der Waals surface area contributed by atoms with Gasteiger partial charge >= 0.3 is 0 Å². The Morgan fingerprint density at radius 2 is 1.77 bits per heavy atom. The average molecular weight is 409 g/mol. The Bertz CT molecular complexity index is 1130. The smallest absolute Gasteiger partial charge is 0.267 e. The summed E-state index contributed by atoms with van der Waals surface area (Å²) in [6.45, 7) is 6.24. The summed E-state index contributed by atoms with van der Waals surface area (Å²) in [5, 5.41) is 4.62. The zero-order valence-electron chi connectivity index (χ0n) is 18.4. The predicted molar refractivity (Wildman–Crippen MR) is 122 cm³/mol. The van der Waals surface area contributed by atoms with E-state index in [4.69, 9.17) is 0 Å². The third-order valence-corrected chi connectivity index (χ3v) is 6.78. The number of rotatable bonds is 5. The Hall–Kier alpha value is -2.60. The first-order valence-corrected chi connectivity index (χ1v) is 11.0. The van der Waals surface area contributed by atoms with E-state index in [0.29, 0.717) is 29.7 Å². The van der Waals surface area contributed by atoms with Gasteiger partial charge in [0.05, 0.1) is 16.4 Å². The maximum absolute atomic E-state index is 12.9. The second-order valence-corrected chi connectivity index (χ2v) is 8.71.